The van der Waals surface area contributed by atoms with Crippen LogP contribution in [0.15, 0.2) is 11.1 Å². The maximum Gasteiger partial charge on any atom is 0.334 e. The molecule has 2 fully saturated rings. The highest BCUT2D eigenvalue weighted by Crippen LogP contribution is 2.70. The van der Waals surface area contributed by atoms with E-state index in [2.05, 4.69) is 20.8 Å². The van der Waals surface area contributed by atoms with E-state index in [1.54, 1.807) is 0 Å². The highest BCUT2D eigenvalue weighted by Gasteiger charge is 2.66. The summed E-state index contributed by atoms with van der Waals surface area (Å²) in [6.07, 6.45) is 3.38. The van der Waals surface area contributed by atoms with Gasteiger partial charge in [0.25, 0.3) is 0 Å². The van der Waals surface area contributed by atoms with Crippen molar-refractivity contribution in [3.63, 3.8) is 0 Å². The average molecular weight is 232 g/mol. The Labute approximate surface area is 102 Å². The third-order valence-electron chi connectivity index (χ3n) is 5.98. The van der Waals surface area contributed by atoms with Crippen molar-refractivity contribution in [2.24, 2.45) is 29.1 Å². The Morgan fingerprint density at radius 1 is 1.35 bits per heavy atom. The summed E-state index contributed by atoms with van der Waals surface area (Å²) in [4.78, 5) is 11.9. The molecule has 5 atom stereocenters. The Hall–Kier alpha value is -0.790. The van der Waals surface area contributed by atoms with Gasteiger partial charge in [-0.3, -0.25) is 0 Å². The normalized spacial score (nSPS) is 49.6. The molecule has 2 saturated carbocycles. The molecule has 2 nitrogen and oxygen atoms in total. The molecular formula is C15H20O2. The summed E-state index contributed by atoms with van der Waals surface area (Å²) in [5, 5.41) is 0. The van der Waals surface area contributed by atoms with Gasteiger partial charge in [-0.15, -0.1) is 0 Å². The Balaban J connectivity index is 1.83. The lowest BCUT2D eigenvalue weighted by Gasteiger charge is -2.18. The van der Waals surface area contributed by atoms with Crippen LogP contribution in [0.3, 0.4) is 0 Å². The predicted molar refractivity (Wildman–Crippen MR) is 64.2 cm³/mol. The first-order chi connectivity index (χ1) is 8.01. The van der Waals surface area contributed by atoms with Crippen LogP contribution in [0.1, 0.15) is 40.0 Å². The zero-order valence-corrected chi connectivity index (χ0v) is 10.8. The van der Waals surface area contributed by atoms with Gasteiger partial charge >= 0.3 is 5.97 Å². The van der Waals surface area contributed by atoms with Crippen LogP contribution in [0.25, 0.3) is 0 Å². The molecule has 0 amide bonds. The van der Waals surface area contributed by atoms with Crippen molar-refractivity contribution < 1.29 is 9.53 Å². The molecule has 0 N–H and O–H groups in total. The minimum Gasteiger partial charge on any atom is -0.454 e. The smallest absolute Gasteiger partial charge is 0.334 e. The van der Waals surface area contributed by atoms with Crippen molar-refractivity contribution in [3.8, 4) is 0 Å². The van der Waals surface area contributed by atoms with Crippen LogP contribution in [-0.4, -0.2) is 12.1 Å². The molecule has 0 aromatic heterocycles. The second-order valence-corrected chi connectivity index (χ2v) is 7.06. The number of rotatable bonds is 0. The SMILES string of the molecule is CC1CC2OC(=O)C3=C2C1C1C(CC3)C1(C)C. The van der Waals surface area contributed by atoms with Crippen LogP contribution >= 0.6 is 0 Å². The van der Waals surface area contributed by atoms with Crippen molar-refractivity contribution in [1.29, 1.82) is 0 Å². The molecule has 0 spiro atoms. The molecule has 4 aliphatic rings. The van der Waals surface area contributed by atoms with Crippen LogP contribution in [0.5, 0.6) is 0 Å². The number of carbonyl (C=O) groups excluding carboxylic acids is 1. The molecule has 0 aromatic carbocycles. The van der Waals surface area contributed by atoms with Gasteiger partial charge in [-0.05, 0) is 53.9 Å². The van der Waals surface area contributed by atoms with E-state index < -0.39 is 0 Å². The molecule has 3 aliphatic carbocycles. The largest absolute Gasteiger partial charge is 0.454 e. The highest BCUT2D eigenvalue weighted by atomic mass is 16.5. The van der Waals surface area contributed by atoms with Crippen molar-refractivity contribution in [1.82, 2.24) is 0 Å². The van der Waals surface area contributed by atoms with Crippen molar-refractivity contribution in [2.75, 3.05) is 0 Å². The summed E-state index contributed by atoms with van der Waals surface area (Å²) in [6.45, 7) is 7.16. The van der Waals surface area contributed by atoms with Gasteiger partial charge in [-0.2, -0.15) is 0 Å². The quantitative estimate of drug-likeness (QED) is 0.600. The van der Waals surface area contributed by atoms with E-state index in [9.17, 15) is 4.79 Å². The summed E-state index contributed by atoms with van der Waals surface area (Å²) >= 11 is 0. The Morgan fingerprint density at radius 2 is 2.12 bits per heavy atom. The molecule has 4 rings (SSSR count). The minimum absolute atomic E-state index is 0.000932. The van der Waals surface area contributed by atoms with Gasteiger partial charge < -0.3 is 4.74 Å². The van der Waals surface area contributed by atoms with E-state index in [0.29, 0.717) is 17.3 Å². The van der Waals surface area contributed by atoms with Crippen LogP contribution in [0.4, 0.5) is 0 Å². The summed E-state index contributed by atoms with van der Waals surface area (Å²) in [5.41, 5.74) is 2.98. The van der Waals surface area contributed by atoms with E-state index in [1.807, 2.05) is 0 Å². The van der Waals surface area contributed by atoms with Gasteiger partial charge in [0.1, 0.15) is 6.10 Å². The van der Waals surface area contributed by atoms with Gasteiger partial charge in [0.05, 0.1) is 0 Å². The maximum atomic E-state index is 11.9. The minimum atomic E-state index is 0.000932. The molecule has 0 radical (unpaired) electrons. The number of fused-ring (bicyclic) bond motifs is 2. The lowest BCUT2D eigenvalue weighted by molar-refractivity contribution is -0.140. The molecule has 0 aromatic rings. The predicted octanol–water partition coefficient (Wildman–Crippen LogP) is 2.93. The van der Waals surface area contributed by atoms with Gasteiger partial charge in [-0.25, -0.2) is 4.79 Å². The number of hydrogen-bond donors (Lipinski definition) is 0. The van der Waals surface area contributed by atoms with Crippen molar-refractivity contribution in [2.45, 2.75) is 46.1 Å². The second-order valence-electron chi connectivity index (χ2n) is 7.06. The lowest BCUT2D eigenvalue weighted by Crippen LogP contribution is -2.13. The molecule has 92 valence electrons. The molecule has 1 heterocycles. The van der Waals surface area contributed by atoms with Crippen LogP contribution in [-0.2, 0) is 9.53 Å². The molecule has 5 unspecified atom stereocenters. The summed E-state index contributed by atoms with van der Waals surface area (Å²) in [5.74, 6) is 2.99. The first-order valence-electron chi connectivity index (χ1n) is 6.95. The van der Waals surface area contributed by atoms with Crippen molar-refractivity contribution in [3.05, 3.63) is 11.1 Å². The van der Waals surface area contributed by atoms with Gasteiger partial charge in [0, 0.05) is 5.57 Å². The fourth-order valence-corrected chi connectivity index (χ4v) is 5.10. The zero-order chi connectivity index (χ0) is 11.9. The molecule has 1 aliphatic heterocycles. The fraction of sp³-hybridized carbons (Fsp3) is 0.800. The summed E-state index contributed by atoms with van der Waals surface area (Å²) in [6, 6.07) is 0. The third kappa shape index (κ3) is 1.05. The van der Waals surface area contributed by atoms with Crippen molar-refractivity contribution >= 4 is 5.97 Å². The first kappa shape index (κ1) is 10.2. The topological polar surface area (TPSA) is 26.3 Å². The molecule has 0 saturated heterocycles. The van der Waals surface area contributed by atoms with E-state index in [-0.39, 0.29) is 12.1 Å². The van der Waals surface area contributed by atoms with E-state index >= 15 is 0 Å². The average Bonchev–Trinajstić information content (AvgIpc) is 2.56. The lowest BCUT2D eigenvalue weighted by atomic mass is 9.84. The van der Waals surface area contributed by atoms with Gasteiger partial charge in [0.15, 0.2) is 0 Å². The van der Waals surface area contributed by atoms with Crippen LogP contribution < -0.4 is 0 Å². The Kier molecular flexibility index (Phi) is 1.66. The molecule has 0 bridgehead atoms. The molecule has 17 heavy (non-hydrogen) atoms. The summed E-state index contributed by atoms with van der Waals surface area (Å²) < 4.78 is 5.55. The van der Waals surface area contributed by atoms with Crippen LogP contribution in [0, 0.1) is 29.1 Å². The number of esters is 1. The summed E-state index contributed by atoms with van der Waals surface area (Å²) in [7, 11) is 0. The van der Waals surface area contributed by atoms with E-state index in [0.717, 1.165) is 30.3 Å². The van der Waals surface area contributed by atoms with Gasteiger partial charge in [0.2, 0.25) is 0 Å². The first-order valence-corrected chi connectivity index (χ1v) is 6.95. The highest BCUT2D eigenvalue weighted by molar-refractivity contribution is 5.93. The number of ether oxygens (including phenoxy) is 1. The van der Waals surface area contributed by atoms with E-state index in [4.69, 9.17) is 4.74 Å². The monoisotopic (exact) mass is 232 g/mol. The Morgan fingerprint density at radius 3 is 2.88 bits per heavy atom. The third-order valence-corrected chi connectivity index (χ3v) is 5.98. The number of hydrogen-bond acceptors (Lipinski definition) is 2. The zero-order valence-electron chi connectivity index (χ0n) is 10.8. The number of carbonyl (C=O) groups is 1. The van der Waals surface area contributed by atoms with Crippen LogP contribution in [0.2, 0.25) is 0 Å². The van der Waals surface area contributed by atoms with E-state index in [1.165, 1.54) is 12.0 Å². The maximum absolute atomic E-state index is 11.9. The molecular weight excluding hydrogens is 212 g/mol. The Bertz CT molecular complexity index is 446. The standard InChI is InChI=1S/C15H20O2/c1-7-6-10-12-8(14(16)17-10)4-5-9-13(11(7)12)15(9,2)3/h7,9-11,13H,4-6H2,1-3H3. The second kappa shape index (κ2) is 2.78. The molecule has 2 heteroatoms. The fourth-order valence-electron chi connectivity index (χ4n) is 5.10. The van der Waals surface area contributed by atoms with Gasteiger partial charge in [-0.1, -0.05) is 20.8 Å².